The van der Waals surface area contributed by atoms with Gasteiger partial charge in [0.25, 0.3) is 0 Å². The van der Waals surface area contributed by atoms with Gasteiger partial charge in [0.05, 0.1) is 29.9 Å². The second-order valence-electron chi connectivity index (χ2n) is 12.4. The predicted octanol–water partition coefficient (Wildman–Crippen LogP) is 4.79. The number of aryl methyl sites for hydroxylation is 1. The van der Waals surface area contributed by atoms with Crippen molar-refractivity contribution in [3.8, 4) is 0 Å². The van der Waals surface area contributed by atoms with Gasteiger partial charge in [0, 0.05) is 30.2 Å². The predicted molar refractivity (Wildman–Crippen MR) is 175 cm³/mol. The Morgan fingerprint density at radius 3 is 2.71 bits per heavy atom. The molecule has 6 rings (SSSR count). The van der Waals surface area contributed by atoms with E-state index in [4.69, 9.17) is 9.47 Å². The van der Waals surface area contributed by atoms with Gasteiger partial charge in [-0.1, -0.05) is 32.0 Å². The Morgan fingerprint density at radius 2 is 1.98 bits per heavy atom. The van der Waals surface area contributed by atoms with E-state index in [0.717, 1.165) is 60.9 Å². The summed E-state index contributed by atoms with van der Waals surface area (Å²) in [5.74, 6) is 0.822. The lowest BCUT2D eigenvalue weighted by Gasteiger charge is -2.36. The van der Waals surface area contributed by atoms with Crippen LogP contribution in [0.5, 0.6) is 0 Å². The average Bonchev–Trinajstić information content (AvgIpc) is 3.66. The molecule has 1 saturated carbocycles. The van der Waals surface area contributed by atoms with Crippen LogP contribution in [0, 0.1) is 5.92 Å². The van der Waals surface area contributed by atoms with Crippen LogP contribution in [0.15, 0.2) is 36.8 Å². The minimum absolute atomic E-state index is 0.0346. The standard InChI is InChI=1S/C33H44N6O5S/c1-5-23-8-7-9-25-26-15-17-44-33(6-2,30(26)37-29(23)25)18-28(40)43-21-39-16-14-27-31(35-20-36-32(27)39)38(4)24-12-10-22(11-13-24)19-45(41,42)34-3/h7-9,14,16,20,22,24,34,37H,5-6,10-13,15,17-19,21H2,1-4H3. The minimum atomic E-state index is -3.21. The highest BCUT2D eigenvalue weighted by atomic mass is 32.2. The molecule has 1 aliphatic heterocycles. The Kier molecular flexibility index (Phi) is 8.91. The highest BCUT2D eigenvalue weighted by Gasteiger charge is 2.41. The fourth-order valence-corrected chi connectivity index (χ4v) is 8.43. The summed E-state index contributed by atoms with van der Waals surface area (Å²) >= 11 is 0. The van der Waals surface area contributed by atoms with Crippen LogP contribution in [0.3, 0.4) is 0 Å². The molecule has 1 fully saturated rings. The molecule has 11 nitrogen and oxygen atoms in total. The molecular weight excluding hydrogens is 592 g/mol. The number of esters is 1. The van der Waals surface area contributed by atoms with Crippen molar-refractivity contribution in [3.05, 3.63) is 53.6 Å². The Hall–Kier alpha value is -3.48. The monoisotopic (exact) mass is 636 g/mol. The van der Waals surface area contributed by atoms with E-state index in [1.54, 1.807) is 6.33 Å². The van der Waals surface area contributed by atoms with E-state index < -0.39 is 15.6 Å². The lowest BCUT2D eigenvalue weighted by atomic mass is 9.86. The molecule has 12 heteroatoms. The van der Waals surface area contributed by atoms with Crippen LogP contribution in [-0.2, 0) is 49.5 Å². The van der Waals surface area contributed by atoms with Crippen LogP contribution in [-0.4, -0.2) is 66.4 Å². The molecule has 1 aliphatic carbocycles. The lowest BCUT2D eigenvalue weighted by molar-refractivity contribution is -0.158. The lowest BCUT2D eigenvalue weighted by Crippen LogP contribution is -2.38. The molecule has 45 heavy (non-hydrogen) atoms. The molecule has 4 heterocycles. The van der Waals surface area contributed by atoms with Gasteiger partial charge >= 0.3 is 5.97 Å². The zero-order valence-corrected chi connectivity index (χ0v) is 27.5. The number of hydrogen-bond donors (Lipinski definition) is 2. The number of aromatic nitrogens is 4. The molecule has 0 radical (unpaired) electrons. The normalized spacial score (nSPS) is 22.0. The van der Waals surface area contributed by atoms with Crippen LogP contribution in [0.2, 0.25) is 0 Å². The highest BCUT2D eigenvalue weighted by Crippen LogP contribution is 2.42. The Labute approximate surface area is 264 Å². The first-order valence-electron chi connectivity index (χ1n) is 16.0. The summed E-state index contributed by atoms with van der Waals surface area (Å²) in [6.07, 6.45) is 9.40. The molecule has 4 aromatic rings. The molecule has 0 saturated heterocycles. The second kappa shape index (κ2) is 12.7. The number of para-hydroxylation sites is 1. The number of H-pyrrole nitrogens is 1. The smallest absolute Gasteiger partial charge is 0.310 e. The molecule has 0 bridgehead atoms. The van der Waals surface area contributed by atoms with Crippen LogP contribution in [0.25, 0.3) is 21.9 Å². The van der Waals surface area contributed by atoms with Gasteiger partial charge in [-0.2, -0.15) is 0 Å². The zero-order valence-electron chi connectivity index (χ0n) is 26.6. The van der Waals surface area contributed by atoms with Gasteiger partial charge in [0.15, 0.2) is 6.73 Å². The van der Waals surface area contributed by atoms with Crippen LogP contribution >= 0.6 is 0 Å². The minimum Gasteiger partial charge on any atom is -0.444 e. The molecule has 242 valence electrons. The van der Waals surface area contributed by atoms with Crippen molar-refractivity contribution in [2.24, 2.45) is 5.92 Å². The Morgan fingerprint density at radius 1 is 1.18 bits per heavy atom. The molecule has 1 atom stereocenters. The Bertz CT molecular complexity index is 1790. The van der Waals surface area contributed by atoms with E-state index in [-0.39, 0.29) is 36.8 Å². The number of fused-ring (bicyclic) bond motifs is 4. The first-order chi connectivity index (χ1) is 21.7. The van der Waals surface area contributed by atoms with Gasteiger partial charge in [0.1, 0.15) is 23.4 Å². The number of nitrogens with zero attached hydrogens (tertiary/aromatic N) is 4. The van der Waals surface area contributed by atoms with Gasteiger partial charge in [0.2, 0.25) is 10.0 Å². The van der Waals surface area contributed by atoms with E-state index >= 15 is 0 Å². The molecule has 0 spiro atoms. The number of sulfonamides is 1. The second-order valence-corrected chi connectivity index (χ2v) is 14.4. The summed E-state index contributed by atoms with van der Waals surface area (Å²) in [4.78, 5) is 28.3. The molecule has 2 aliphatic rings. The van der Waals surface area contributed by atoms with Gasteiger partial charge in [-0.05, 0) is 75.1 Å². The van der Waals surface area contributed by atoms with Crippen molar-refractivity contribution in [1.29, 1.82) is 0 Å². The maximum atomic E-state index is 13.4. The average molecular weight is 637 g/mol. The number of carbonyl (C=O) groups is 1. The number of carbonyl (C=O) groups excluding carboxylic acids is 1. The van der Waals surface area contributed by atoms with Crippen molar-refractivity contribution in [1.82, 2.24) is 24.2 Å². The third kappa shape index (κ3) is 6.07. The van der Waals surface area contributed by atoms with Crippen molar-refractivity contribution < 1.29 is 22.7 Å². The van der Waals surface area contributed by atoms with Gasteiger partial charge in [-0.3, -0.25) is 9.36 Å². The number of aromatic amines is 1. The van der Waals surface area contributed by atoms with Crippen molar-refractivity contribution >= 4 is 43.7 Å². The van der Waals surface area contributed by atoms with E-state index in [1.165, 1.54) is 23.6 Å². The van der Waals surface area contributed by atoms with Gasteiger partial charge in [-0.15, -0.1) is 0 Å². The summed E-state index contributed by atoms with van der Waals surface area (Å²) in [6, 6.07) is 8.61. The van der Waals surface area contributed by atoms with Crippen LogP contribution < -0.4 is 9.62 Å². The first-order valence-corrected chi connectivity index (χ1v) is 17.7. The van der Waals surface area contributed by atoms with Crippen LogP contribution in [0.1, 0.15) is 69.2 Å². The molecule has 2 N–H and O–H groups in total. The Balaban J connectivity index is 1.14. The molecule has 0 amide bonds. The summed E-state index contributed by atoms with van der Waals surface area (Å²) < 4.78 is 40.5. The SMILES string of the molecule is CCc1cccc2c3c([nH]c12)C(CC)(CC(=O)OCn1ccc2c(N(C)C4CCC(CS(=O)(=O)NC)CC4)ncnc21)OCC3. The molecule has 3 aromatic heterocycles. The summed E-state index contributed by atoms with van der Waals surface area (Å²) in [6.45, 7) is 4.80. The van der Waals surface area contributed by atoms with Crippen LogP contribution in [0.4, 0.5) is 5.82 Å². The van der Waals surface area contributed by atoms with Crippen molar-refractivity contribution in [2.45, 2.75) is 83.6 Å². The summed E-state index contributed by atoms with van der Waals surface area (Å²) in [5.41, 5.74) is 4.56. The molecule has 1 aromatic carbocycles. The fraction of sp³-hybridized carbons (Fsp3) is 0.545. The zero-order chi connectivity index (χ0) is 31.8. The molecule has 1 unspecified atom stereocenters. The quantitative estimate of drug-likeness (QED) is 0.225. The number of rotatable bonds is 11. The van der Waals surface area contributed by atoms with Gasteiger partial charge in [-0.25, -0.2) is 23.1 Å². The van der Waals surface area contributed by atoms with Gasteiger partial charge < -0.3 is 19.4 Å². The maximum Gasteiger partial charge on any atom is 0.310 e. The van der Waals surface area contributed by atoms with Crippen molar-refractivity contribution in [2.75, 3.05) is 31.4 Å². The number of nitrogens with one attached hydrogen (secondary N) is 2. The topological polar surface area (TPSA) is 131 Å². The van der Waals surface area contributed by atoms with E-state index in [1.807, 2.05) is 23.9 Å². The van der Waals surface area contributed by atoms with Crippen molar-refractivity contribution in [3.63, 3.8) is 0 Å². The highest BCUT2D eigenvalue weighted by molar-refractivity contribution is 7.89. The maximum absolute atomic E-state index is 13.4. The number of ether oxygens (including phenoxy) is 2. The third-order valence-corrected chi connectivity index (χ3v) is 11.5. The van der Waals surface area contributed by atoms with E-state index in [9.17, 15) is 13.2 Å². The third-order valence-electron chi connectivity index (χ3n) is 9.96. The first kappa shape index (κ1) is 31.5. The molecular formula is C33H44N6O5S. The fourth-order valence-electron chi connectivity index (χ4n) is 7.31. The summed E-state index contributed by atoms with van der Waals surface area (Å²) in [5, 5.41) is 2.10. The number of hydrogen-bond acceptors (Lipinski definition) is 8. The van der Waals surface area contributed by atoms with E-state index in [2.05, 4.69) is 56.6 Å². The largest absolute Gasteiger partial charge is 0.444 e. The number of benzene rings is 1. The number of anilines is 1. The van der Waals surface area contributed by atoms with E-state index in [0.29, 0.717) is 18.7 Å². The summed E-state index contributed by atoms with van der Waals surface area (Å²) in [7, 11) is 0.287.